The molecule has 0 bridgehead atoms. The van der Waals surface area contributed by atoms with Gasteiger partial charge in [0.25, 0.3) is 5.56 Å². The molecule has 2 aromatic rings. The van der Waals surface area contributed by atoms with Crippen molar-refractivity contribution < 1.29 is 14.3 Å². The van der Waals surface area contributed by atoms with Crippen LogP contribution in [0.5, 0.6) is 0 Å². The van der Waals surface area contributed by atoms with E-state index in [4.69, 9.17) is 4.74 Å². The van der Waals surface area contributed by atoms with E-state index in [2.05, 4.69) is 5.32 Å². The summed E-state index contributed by atoms with van der Waals surface area (Å²) < 4.78 is 8.62. The number of hydrogen-bond donors (Lipinski definition) is 1. The Bertz CT molecular complexity index is 969. The summed E-state index contributed by atoms with van der Waals surface area (Å²) in [5.74, 6) is -0.376. The molecule has 1 aliphatic rings. The van der Waals surface area contributed by atoms with Crippen LogP contribution in [0.1, 0.15) is 39.3 Å². The largest absolute Gasteiger partial charge is 0.444 e. The van der Waals surface area contributed by atoms with E-state index in [0.717, 1.165) is 0 Å². The SMILES string of the molecule is Cc1c(NC(=O)[C@@H]2CCCN2C(=O)OC(C)(C)C)c(=O)n(-c2ccccc2)n1C. The van der Waals surface area contributed by atoms with Crippen LogP contribution in [0.2, 0.25) is 0 Å². The van der Waals surface area contributed by atoms with Crippen LogP contribution in [-0.2, 0) is 16.6 Å². The number of hydrogen-bond acceptors (Lipinski definition) is 4. The molecule has 29 heavy (non-hydrogen) atoms. The number of carbonyl (C=O) groups is 2. The van der Waals surface area contributed by atoms with Gasteiger partial charge in [-0.05, 0) is 52.7 Å². The van der Waals surface area contributed by atoms with Crippen molar-refractivity contribution in [1.82, 2.24) is 14.3 Å². The van der Waals surface area contributed by atoms with Crippen molar-refractivity contribution in [3.63, 3.8) is 0 Å². The number of carbonyl (C=O) groups excluding carboxylic acids is 2. The van der Waals surface area contributed by atoms with E-state index >= 15 is 0 Å². The molecule has 8 nitrogen and oxygen atoms in total. The molecule has 156 valence electrons. The summed E-state index contributed by atoms with van der Waals surface area (Å²) in [5.41, 5.74) is 0.609. The zero-order valence-corrected chi connectivity index (χ0v) is 17.6. The molecule has 8 heteroatoms. The minimum absolute atomic E-state index is 0.220. The van der Waals surface area contributed by atoms with Crippen LogP contribution in [0.3, 0.4) is 0 Å². The molecular weight excluding hydrogens is 372 g/mol. The Morgan fingerprint density at radius 3 is 2.45 bits per heavy atom. The van der Waals surface area contributed by atoms with Gasteiger partial charge in [0.2, 0.25) is 5.91 Å². The number of benzene rings is 1. The van der Waals surface area contributed by atoms with Gasteiger partial charge < -0.3 is 10.1 Å². The zero-order valence-electron chi connectivity index (χ0n) is 17.6. The molecule has 0 aliphatic carbocycles. The Morgan fingerprint density at radius 1 is 1.17 bits per heavy atom. The quantitative estimate of drug-likeness (QED) is 0.858. The third kappa shape index (κ3) is 4.21. The molecule has 1 aromatic carbocycles. The lowest BCUT2D eigenvalue weighted by Gasteiger charge is -2.27. The Labute approximate surface area is 170 Å². The monoisotopic (exact) mass is 400 g/mol. The lowest BCUT2D eigenvalue weighted by atomic mass is 10.2. The van der Waals surface area contributed by atoms with Crippen molar-refractivity contribution in [2.24, 2.45) is 7.05 Å². The fraction of sp³-hybridized carbons (Fsp3) is 0.476. The third-order valence-electron chi connectivity index (χ3n) is 4.99. The van der Waals surface area contributed by atoms with Crippen molar-refractivity contribution >= 4 is 17.7 Å². The summed E-state index contributed by atoms with van der Waals surface area (Å²) >= 11 is 0. The van der Waals surface area contributed by atoms with Crippen LogP contribution < -0.4 is 10.9 Å². The van der Waals surface area contributed by atoms with E-state index in [1.807, 2.05) is 30.3 Å². The average Bonchev–Trinajstić information content (AvgIpc) is 3.21. The molecule has 0 spiro atoms. The number of aromatic nitrogens is 2. The van der Waals surface area contributed by atoms with E-state index in [1.54, 1.807) is 39.4 Å². The second kappa shape index (κ2) is 7.77. The van der Waals surface area contributed by atoms with Crippen molar-refractivity contribution in [3.8, 4) is 5.69 Å². The van der Waals surface area contributed by atoms with Crippen LogP contribution in [0.25, 0.3) is 5.69 Å². The van der Waals surface area contributed by atoms with Crippen molar-refractivity contribution in [1.29, 1.82) is 0 Å². The molecule has 0 saturated carbocycles. The summed E-state index contributed by atoms with van der Waals surface area (Å²) in [7, 11) is 1.77. The van der Waals surface area contributed by atoms with E-state index in [9.17, 15) is 14.4 Å². The molecule has 1 atom stereocenters. The van der Waals surface area contributed by atoms with Crippen molar-refractivity contribution in [3.05, 3.63) is 46.4 Å². The molecule has 3 rings (SSSR count). The molecule has 1 N–H and O–H groups in total. The number of likely N-dealkylation sites (tertiary alicyclic amines) is 1. The minimum atomic E-state index is -0.658. The van der Waals surface area contributed by atoms with Gasteiger partial charge in [0, 0.05) is 13.6 Å². The fourth-order valence-corrected chi connectivity index (χ4v) is 3.50. The van der Waals surface area contributed by atoms with E-state index in [-0.39, 0.29) is 17.2 Å². The van der Waals surface area contributed by atoms with Gasteiger partial charge >= 0.3 is 6.09 Å². The maximum Gasteiger partial charge on any atom is 0.410 e. The molecule has 1 saturated heterocycles. The standard InChI is InChI=1S/C21H28N4O4/c1-14-17(19(27)25(23(14)5)15-10-7-6-8-11-15)22-18(26)16-12-9-13-24(16)20(28)29-21(2,3)4/h6-8,10-11,16H,9,12-13H2,1-5H3,(H,22,26)/t16-/m0/s1. The summed E-state index contributed by atoms with van der Waals surface area (Å²) in [4.78, 5) is 39.8. The van der Waals surface area contributed by atoms with Gasteiger partial charge in [0.15, 0.2) is 0 Å². The maximum absolute atomic E-state index is 13.0. The highest BCUT2D eigenvalue weighted by Crippen LogP contribution is 2.23. The average molecular weight is 400 g/mol. The zero-order chi connectivity index (χ0) is 21.3. The Balaban J connectivity index is 1.84. The number of para-hydroxylation sites is 1. The maximum atomic E-state index is 13.0. The van der Waals surface area contributed by atoms with Crippen LogP contribution >= 0.6 is 0 Å². The number of amides is 2. The second-order valence-electron chi connectivity index (χ2n) is 8.26. The minimum Gasteiger partial charge on any atom is -0.444 e. The molecular formula is C21H28N4O4. The van der Waals surface area contributed by atoms with Gasteiger partial charge in [-0.3, -0.25) is 19.2 Å². The van der Waals surface area contributed by atoms with Crippen LogP contribution in [0.4, 0.5) is 10.5 Å². The smallest absolute Gasteiger partial charge is 0.410 e. The molecule has 1 aliphatic heterocycles. The van der Waals surface area contributed by atoms with Gasteiger partial charge in [0.1, 0.15) is 17.3 Å². The predicted molar refractivity (Wildman–Crippen MR) is 110 cm³/mol. The van der Waals surface area contributed by atoms with Gasteiger partial charge in [-0.15, -0.1) is 0 Å². The molecule has 1 fully saturated rings. The number of anilines is 1. The fourth-order valence-electron chi connectivity index (χ4n) is 3.50. The lowest BCUT2D eigenvalue weighted by molar-refractivity contribution is -0.120. The summed E-state index contributed by atoms with van der Waals surface area (Å²) in [6, 6.07) is 8.56. The Hall–Kier alpha value is -3.03. The number of ether oxygens (including phenoxy) is 1. The highest BCUT2D eigenvalue weighted by Gasteiger charge is 2.37. The first-order valence-corrected chi connectivity index (χ1v) is 9.74. The van der Waals surface area contributed by atoms with E-state index < -0.39 is 17.7 Å². The molecule has 0 unspecified atom stereocenters. The van der Waals surface area contributed by atoms with E-state index in [0.29, 0.717) is 30.8 Å². The number of nitrogens with one attached hydrogen (secondary N) is 1. The first kappa shape index (κ1) is 20.7. The Kier molecular flexibility index (Phi) is 5.55. The van der Waals surface area contributed by atoms with Gasteiger partial charge in [-0.1, -0.05) is 18.2 Å². The van der Waals surface area contributed by atoms with Crippen LogP contribution in [-0.4, -0.2) is 44.5 Å². The highest BCUT2D eigenvalue weighted by atomic mass is 16.6. The first-order chi connectivity index (χ1) is 13.6. The Morgan fingerprint density at radius 2 is 1.83 bits per heavy atom. The third-order valence-corrected chi connectivity index (χ3v) is 4.99. The summed E-state index contributed by atoms with van der Waals surface area (Å²) in [6.45, 7) is 7.59. The second-order valence-corrected chi connectivity index (χ2v) is 8.26. The molecule has 0 radical (unpaired) electrons. The predicted octanol–water partition coefficient (Wildman–Crippen LogP) is 2.82. The van der Waals surface area contributed by atoms with Crippen molar-refractivity contribution in [2.75, 3.05) is 11.9 Å². The molecule has 2 amide bonds. The first-order valence-electron chi connectivity index (χ1n) is 9.74. The highest BCUT2D eigenvalue weighted by molar-refractivity contribution is 5.97. The van der Waals surface area contributed by atoms with Gasteiger partial charge in [-0.2, -0.15) is 0 Å². The van der Waals surface area contributed by atoms with Gasteiger partial charge in [-0.25, -0.2) is 9.48 Å². The normalized spacial score (nSPS) is 16.7. The topological polar surface area (TPSA) is 85.6 Å². The number of rotatable bonds is 3. The van der Waals surface area contributed by atoms with Crippen LogP contribution in [0.15, 0.2) is 35.1 Å². The molecule has 2 heterocycles. The van der Waals surface area contributed by atoms with E-state index in [1.165, 1.54) is 9.58 Å². The van der Waals surface area contributed by atoms with Gasteiger partial charge in [0.05, 0.1) is 11.4 Å². The lowest BCUT2D eigenvalue weighted by Crippen LogP contribution is -2.45. The molecule has 1 aromatic heterocycles. The van der Waals surface area contributed by atoms with Crippen LogP contribution in [0, 0.1) is 6.92 Å². The summed E-state index contributed by atoms with van der Waals surface area (Å²) in [6.07, 6.45) is 0.727. The summed E-state index contributed by atoms with van der Waals surface area (Å²) in [5, 5.41) is 2.76. The number of nitrogens with zero attached hydrogens (tertiary/aromatic N) is 3. The van der Waals surface area contributed by atoms with Crippen molar-refractivity contribution in [2.45, 2.75) is 52.2 Å².